The van der Waals surface area contributed by atoms with Gasteiger partial charge in [0.05, 0.1) is 0 Å². The fourth-order valence-corrected chi connectivity index (χ4v) is 4.83. The predicted molar refractivity (Wildman–Crippen MR) is 83.0 cm³/mol. The summed E-state index contributed by atoms with van der Waals surface area (Å²) in [6.07, 6.45) is 9.19. The van der Waals surface area contributed by atoms with Gasteiger partial charge in [-0.1, -0.05) is 41.6 Å². The summed E-state index contributed by atoms with van der Waals surface area (Å²) >= 11 is 3.85. The van der Waals surface area contributed by atoms with Gasteiger partial charge in [0.25, 0.3) is 0 Å². The van der Waals surface area contributed by atoms with E-state index in [0.29, 0.717) is 15.8 Å². The second kappa shape index (κ2) is 5.67. The summed E-state index contributed by atoms with van der Waals surface area (Å²) in [6, 6.07) is 5.09. The van der Waals surface area contributed by atoms with Crippen LogP contribution in [-0.2, 0) is 0 Å². The van der Waals surface area contributed by atoms with Crippen molar-refractivity contribution in [3.8, 4) is 5.75 Å². The van der Waals surface area contributed by atoms with Crippen molar-refractivity contribution in [3.05, 3.63) is 29.6 Å². The van der Waals surface area contributed by atoms with Crippen LogP contribution in [0.15, 0.2) is 18.2 Å². The normalized spacial score (nSPS) is 28.8. The lowest BCUT2D eigenvalue weighted by atomic mass is 9.61. The number of benzene rings is 1. The Balaban J connectivity index is 1.75. The quantitative estimate of drug-likeness (QED) is 0.656. The van der Waals surface area contributed by atoms with Crippen LogP contribution in [0.3, 0.4) is 0 Å². The number of aryl methyl sites for hydroxylation is 1. The minimum absolute atomic E-state index is 0.159. The second-order valence-electron chi connectivity index (χ2n) is 6.37. The van der Waals surface area contributed by atoms with Gasteiger partial charge in [0.15, 0.2) is 0 Å². The maximum Gasteiger partial charge on any atom is 0.126 e. The summed E-state index contributed by atoms with van der Waals surface area (Å²) in [4.78, 5) is 0.583. The molecule has 2 atom stereocenters. The molecular weight excluding hydrogens is 319 g/mol. The number of ether oxygens (including phenoxy) is 1. The number of rotatable bonds is 2. The molecule has 3 rings (SSSR count). The Morgan fingerprint density at radius 2 is 1.90 bits per heavy atom. The summed E-state index contributed by atoms with van der Waals surface area (Å²) in [5.74, 6) is 0.658. The second-order valence-corrected chi connectivity index (χ2v) is 7.47. The molecule has 0 radical (unpaired) electrons. The summed E-state index contributed by atoms with van der Waals surface area (Å²) < 4.78 is 19.5. The molecule has 0 amide bonds. The summed E-state index contributed by atoms with van der Waals surface area (Å²) in [6.45, 7) is 1.79. The first kappa shape index (κ1) is 14.4. The van der Waals surface area contributed by atoms with E-state index in [4.69, 9.17) is 4.74 Å². The minimum atomic E-state index is -0.159. The van der Waals surface area contributed by atoms with Crippen molar-refractivity contribution in [3.63, 3.8) is 0 Å². The molecule has 0 heterocycles. The minimum Gasteiger partial charge on any atom is -0.490 e. The molecule has 110 valence electrons. The fourth-order valence-electron chi connectivity index (χ4n) is 3.74. The van der Waals surface area contributed by atoms with Gasteiger partial charge in [-0.25, -0.2) is 4.39 Å². The van der Waals surface area contributed by atoms with Gasteiger partial charge >= 0.3 is 0 Å². The monoisotopic (exact) mass is 340 g/mol. The van der Waals surface area contributed by atoms with Crippen LogP contribution in [0.2, 0.25) is 0 Å². The molecule has 20 heavy (non-hydrogen) atoms. The van der Waals surface area contributed by atoms with E-state index in [-0.39, 0.29) is 11.9 Å². The first-order valence-electron chi connectivity index (χ1n) is 7.69. The molecule has 0 aromatic heterocycles. The maximum atomic E-state index is 13.3. The van der Waals surface area contributed by atoms with Gasteiger partial charge in [0, 0.05) is 10.2 Å². The van der Waals surface area contributed by atoms with E-state index in [1.807, 2.05) is 6.07 Å². The lowest BCUT2D eigenvalue weighted by Crippen LogP contribution is -2.56. The third kappa shape index (κ3) is 2.49. The Morgan fingerprint density at radius 1 is 1.20 bits per heavy atom. The lowest BCUT2D eigenvalue weighted by Gasteiger charge is -2.53. The van der Waals surface area contributed by atoms with Gasteiger partial charge in [-0.3, -0.25) is 0 Å². The molecule has 3 heteroatoms. The fraction of sp³-hybridized carbons (Fsp3) is 0.647. The number of halogens is 2. The Morgan fingerprint density at radius 3 is 2.50 bits per heavy atom. The van der Waals surface area contributed by atoms with E-state index in [1.165, 1.54) is 44.6 Å². The van der Waals surface area contributed by atoms with Crippen molar-refractivity contribution in [1.29, 1.82) is 0 Å². The van der Waals surface area contributed by atoms with Crippen molar-refractivity contribution in [2.24, 2.45) is 5.41 Å². The first-order valence-corrected chi connectivity index (χ1v) is 8.60. The highest BCUT2D eigenvalue weighted by Gasteiger charge is 2.54. The van der Waals surface area contributed by atoms with E-state index in [1.54, 1.807) is 13.0 Å². The highest BCUT2D eigenvalue weighted by atomic mass is 79.9. The number of hydrogen-bond donors (Lipinski definition) is 0. The molecule has 0 saturated heterocycles. The van der Waals surface area contributed by atoms with Crippen molar-refractivity contribution in [1.82, 2.24) is 0 Å². The molecule has 1 nitrogen and oxygen atoms in total. The predicted octanol–water partition coefficient (Wildman–Crippen LogP) is 5.39. The Kier molecular flexibility index (Phi) is 4.07. The van der Waals surface area contributed by atoms with Gasteiger partial charge in [-0.2, -0.15) is 0 Å². The highest BCUT2D eigenvalue weighted by molar-refractivity contribution is 9.09. The van der Waals surface area contributed by atoms with Crippen LogP contribution >= 0.6 is 15.9 Å². The van der Waals surface area contributed by atoms with Crippen molar-refractivity contribution in [2.75, 3.05) is 0 Å². The molecular formula is C17H22BrFO. The van der Waals surface area contributed by atoms with Crippen LogP contribution in [0.1, 0.15) is 50.5 Å². The van der Waals surface area contributed by atoms with Crippen molar-refractivity contribution < 1.29 is 9.13 Å². The van der Waals surface area contributed by atoms with Crippen molar-refractivity contribution >= 4 is 15.9 Å². The molecule has 1 aromatic rings. The number of alkyl halides is 1. The zero-order chi connectivity index (χ0) is 14.2. The van der Waals surface area contributed by atoms with Gasteiger partial charge < -0.3 is 4.74 Å². The topological polar surface area (TPSA) is 9.23 Å². The highest BCUT2D eigenvalue weighted by Crippen LogP contribution is 2.55. The van der Waals surface area contributed by atoms with E-state index in [2.05, 4.69) is 15.9 Å². The molecule has 2 aliphatic rings. The zero-order valence-corrected chi connectivity index (χ0v) is 13.6. The molecule has 2 unspecified atom stereocenters. The van der Waals surface area contributed by atoms with E-state index in [9.17, 15) is 4.39 Å². The van der Waals surface area contributed by atoms with E-state index in [0.717, 1.165) is 12.2 Å². The standard InChI is InChI=1S/C17H22BrFO/c1-12-10-13(6-7-14(12)19)20-16-11-15(18)17(16)8-4-2-3-5-9-17/h6-7,10,15-16H,2-5,8-9,11H2,1H3. The van der Waals surface area contributed by atoms with Gasteiger partial charge in [0.2, 0.25) is 0 Å². The molecule has 0 bridgehead atoms. The van der Waals surface area contributed by atoms with Gasteiger partial charge in [0.1, 0.15) is 17.7 Å². The molecule has 1 aromatic carbocycles. The first-order chi connectivity index (χ1) is 9.62. The third-order valence-electron chi connectivity index (χ3n) is 5.13. The molecule has 0 N–H and O–H groups in total. The van der Waals surface area contributed by atoms with Gasteiger partial charge in [-0.15, -0.1) is 0 Å². The van der Waals surface area contributed by atoms with Crippen LogP contribution in [0, 0.1) is 18.2 Å². The van der Waals surface area contributed by atoms with Crippen LogP contribution in [0.5, 0.6) is 5.75 Å². The lowest BCUT2D eigenvalue weighted by molar-refractivity contribution is -0.0462. The smallest absolute Gasteiger partial charge is 0.126 e. The summed E-state index contributed by atoms with van der Waals surface area (Å²) in [7, 11) is 0. The SMILES string of the molecule is Cc1cc(OC2CC(Br)C23CCCCCC3)ccc1F. The largest absolute Gasteiger partial charge is 0.490 e. The van der Waals surface area contributed by atoms with Crippen LogP contribution < -0.4 is 4.74 Å². The Hall–Kier alpha value is -0.570. The number of hydrogen-bond acceptors (Lipinski definition) is 1. The van der Waals surface area contributed by atoms with Crippen LogP contribution in [-0.4, -0.2) is 10.9 Å². The van der Waals surface area contributed by atoms with Crippen LogP contribution in [0.25, 0.3) is 0 Å². The summed E-state index contributed by atoms with van der Waals surface area (Å²) in [5, 5.41) is 0. The molecule has 2 saturated carbocycles. The van der Waals surface area contributed by atoms with Gasteiger partial charge in [-0.05, 0) is 49.9 Å². The molecule has 0 aliphatic heterocycles. The average molecular weight is 341 g/mol. The Labute approximate surface area is 129 Å². The molecule has 2 fully saturated rings. The van der Waals surface area contributed by atoms with Crippen molar-refractivity contribution in [2.45, 2.75) is 62.8 Å². The molecule has 2 aliphatic carbocycles. The third-order valence-corrected chi connectivity index (χ3v) is 6.41. The van der Waals surface area contributed by atoms with Crippen LogP contribution in [0.4, 0.5) is 4.39 Å². The Bertz CT molecular complexity index is 480. The zero-order valence-electron chi connectivity index (χ0n) is 12.0. The van der Waals surface area contributed by atoms with E-state index < -0.39 is 0 Å². The summed E-state index contributed by atoms with van der Waals surface area (Å²) in [5.41, 5.74) is 0.964. The van der Waals surface area contributed by atoms with E-state index >= 15 is 0 Å². The average Bonchev–Trinajstić information content (AvgIpc) is 2.70. The molecule has 1 spiro atoms. The maximum absolute atomic E-state index is 13.3.